The van der Waals surface area contributed by atoms with Crippen molar-refractivity contribution >= 4 is 52.1 Å². The third-order valence-corrected chi connectivity index (χ3v) is 14.5. The summed E-state index contributed by atoms with van der Waals surface area (Å²) in [5.74, 6) is -2.30. The molecule has 0 bridgehead atoms. The number of aliphatic hydroxyl groups is 1. The highest BCUT2D eigenvalue weighted by atomic mass is 32.1. The van der Waals surface area contributed by atoms with Gasteiger partial charge in [-0.3, -0.25) is 28.7 Å². The van der Waals surface area contributed by atoms with Crippen LogP contribution in [0.25, 0.3) is 26.6 Å². The summed E-state index contributed by atoms with van der Waals surface area (Å²) in [5, 5.41) is 35.9. The lowest BCUT2D eigenvalue weighted by Crippen LogP contribution is -2.57. The number of β-amino-alcohol motifs (C(OH)–C–C–N with tert-alkyl or cyclic N) is 1. The first-order chi connectivity index (χ1) is 31.3. The van der Waals surface area contributed by atoms with Crippen LogP contribution in [0.4, 0.5) is 4.39 Å². The molecule has 1 fully saturated rings. The molecule has 17 heteroatoms. The van der Waals surface area contributed by atoms with Gasteiger partial charge in [0.15, 0.2) is 5.82 Å². The molecule has 4 N–H and O–H groups in total. The van der Waals surface area contributed by atoms with Gasteiger partial charge in [-0.05, 0) is 86.1 Å². The monoisotopic (exact) mass is 930 g/mol. The zero-order chi connectivity index (χ0) is 47.4. The minimum Gasteiger partial charge on any atom is -0.481 e. The molecule has 6 aromatic rings. The number of likely N-dealkylation sites (tertiary alicyclic amines) is 1. The molecule has 5 heterocycles. The molecule has 0 saturated carbocycles. The third kappa shape index (κ3) is 9.06. The van der Waals surface area contributed by atoms with E-state index >= 15 is 4.39 Å². The molecule has 2 aliphatic heterocycles. The van der Waals surface area contributed by atoms with Crippen molar-refractivity contribution in [1.82, 2.24) is 35.3 Å². The quantitative estimate of drug-likeness (QED) is 0.100. The van der Waals surface area contributed by atoms with E-state index in [-0.39, 0.29) is 24.9 Å². The number of carboxylic acids is 1. The lowest BCUT2D eigenvalue weighted by molar-refractivity contribution is -0.142. The minimum absolute atomic E-state index is 0.0192. The highest BCUT2D eigenvalue weighted by Gasteiger charge is 2.45. The number of halogens is 1. The Bertz CT molecular complexity index is 2900. The predicted molar refractivity (Wildman–Crippen MR) is 252 cm³/mol. The maximum atomic E-state index is 15.5. The normalized spacial score (nSPS) is 17.9. The number of carbonyl (C=O) groups is 4. The molecular weight excluding hydrogens is 880 g/mol. The molecule has 14 nitrogen and oxygen atoms in total. The number of thiophene rings is 1. The molecule has 342 valence electrons. The van der Waals surface area contributed by atoms with Crippen molar-refractivity contribution in [2.45, 2.75) is 98.5 Å². The Kier molecular flexibility index (Phi) is 12.6. The van der Waals surface area contributed by atoms with Crippen LogP contribution in [0, 0.1) is 38.9 Å². The summed E-state index contributed by atoms with van der Waals surface area (Å²) in [4.78, 5) is 67.1. The van der Waals surface area contributed by atoms with Gasteiger partial charge in [0.2, 0.25) is 11.8 Å². The zero-order valence-electron chi connectivity index (χ0n) is 37.8. The minimum atomic E-state index is -1.15. The second-order valence-electron chi connectivity index (χ2n) is 18.1. The van der Waals surface area contributed by atoms with E-state index in [9.17, 15) is 29.4 Å². The number of aryl methyl sites for hydroxylation is 3. The summed E-state index contributed by atoms with van der Waals surface area (Å²) < 4.78 is 17.3. The Morgan fingerprint density at radius 3 is 2.24 bits per heavy atom. The maximum Gasteiger partial charge on any atom is 0.306 e. The summed E-state index contributed by atoms with van der Waals surface area (Å²) in [6.45, 7) is 14.9. The van der Waals surface area contributed by atoms with Crippen molar-refractivity contribution in [1.29, 1.82) is 0 Å². The van der Waals surface area contributed by atoms with Gasteiger partial charge in [-0.1, -0.05) is 69.3 Å². The van der Waals surface area contributed by atoms with Crippen LogP contribution in [0.2, 0.25) is 0 Å². The largest absolute Gasteiger partial charge is 0.481 e. The second-order valence-corrected chi connectivity index (χ2v) is 20.1. The number of rotatable bonds is 11. The van der Waals surface area contributed by atoms with Gasteiger partial charge in [0.1, 0.15) is 34.8 Å². The van der Waals surface area contributed by atoms with Crippen molar-refractivity contribution in [3.63, 3.8) is 0 Å². The van der Waals surface area contributed by atoms with E-state index in [2.05, 4.69) is 25.8 Å². The van der Waals surface area contributed by atoms with Crippen LogP contribution in [-0.4, -0.2) is 89.0 Å². The number of fused-ring (bicyclic) bond motifs is 3. The highest BCUT2D eigenvalue weighted by molar-refractivity contribution is 7.15. The number of hydrogen-bond donors (Lipinski definition) is 4. The van der Waals surface area contributed by atoms with E-state index in [1.807, 2.05) is 75.6 Å². The molecule has 3 aromatic carbocycles. The van der Waals surface area contributed by atoms with E-state index in [4.69, 9.17) is 4.99 Å². The summed E-state index contributed by atoms with van der Waals surface area (Å²) in [7, 11) is 0. The Labute approximate surface area is 389 Å². The molecule has 5 atom stereocenters. The Morgan fingerprint density at radius 1 is 0.909 bits per heavy atom. The number of aliphatic imine (C=N–C) groups is 1. The average Bonchev–Trinajstić information content (AvgIpc) is 4.04. The molecule has 0 aliphatic carbocycles. The Hall–Kier alpha value is -6.43. The van der Waals surface area contributed by atoms with Crippen LogP contribution >= 0.6 is 22.7 Å². The van der Waals surface area contributed by atoms with Gasteiger partial charge in [0, 0.05) is 34.5 Å². The molecule has 3 amide bonds. The van der Waals surface area contributed by atoms with Crippen LogP contribution in [0.5, 0.6) is 0 Å². The molecule has 2 unspecified atom stereocenters. The van der Waals surface area contributed by atoms with Crippen LogP contribution in [-0.2, 0) is 14.4 Å². The molecule has 2 aliphatic rings. The number of aliphatic carboxylic acids is 1. The van der Waals surface area contributed by atoms with Gasteiger partial charge in [0.25, 0.3) is 5.91 Å². The number of aliphatic hydroxyl groups excluding tert-OH is 1. The fourth-order valence-electron chi connectivity index (χ4n) is 8.63. The number of nitrogens with one attached hydrogen (secondary N) is 2. The number of carboxylic acid groups (broad SMARTS) is 1. The van der Waals surface area contributed by atoms with Gasteiger partial charge in [-0.25, -0.2) is 9.37 Å². The third-order valence-electron chi connectivity index (χ3n) is 12.3. The molecule has 3 aromatic heterocycles. The van der Waals surface area contributed by atoms with E-state index in [0.29, 0.717) is 34.1 Å². The van der Waals surface area contributed by atoms with Crippen LogP contribution in [0.15, 0.2) is 77.2 Å². The van der Waals surface area contributed by atoms with E-state index in [1.54, 1.807) is 67.2 Å². The molecule has 0 spiro atoms. The van der Waals surface area contributed by atoms with Crippen molar-refractivity contribution in [3.8, 4) is 26.6 Å². The van der Waals surface area contributed by atoms with Crippen molar-refractivity contribution in [2.75, 3.05) is 6.54 Å². The number of aromatic nitrogens is 4. The van der Waals surface area contributed by atoms with Crippen LogP contribution < -0.4 is 10.6 Å². The van der Waals surface area contributed by atoms with Crippen molar-refractivity contribution in [2.24, 2.45) is 10.4 Å². The summed E-state index contributed by atoms with van der Waals surface area (Å²) in [5.41, 5.74) is 7.91. The maximum absolute atomic E-state index is 15.5. The smallest absolute Gasteiger partial charge is 0.306 e. The molecule has 8 rings (SSSR count). The number of thiazole rings is 1. The van der Waals surface area contributed by atoms with Crippen molar-refractivity contribution in [3.05, 3.63) is 128 Å². The highest BCUT2D eigenvalue weighted by Crippen LogP contribution is 2.40. The summed E-state index contributed by atoms with van der Waals surface area (Å²) in [6.07, 6.45) is -1.22. The first kappa shape index (κ1) is 46.1. The number of carbonyl (C=O) groups excluding carboxylic acids is 3. The Balaban J connectivity index is 1.01. The van der Waals surface area contributed by atoms with E-state index < -0.39 is 65.2 Å². The van der Waals surface area contributed by atoms with E-state index in [0.717, 1.165) is 48.8 Å². The number of hydrogen-bond acceptors (Lipinski definition) is 11. The average molecular weight is 931 g/mol. The van der Waals surface area contributed by atoms with Gasteiger partial charge in [0.05, 0.1) is 40.4 Å². The first-order valence-corrected chi connectivity index (χ1v) is 23.3. The fraction of sp³-hybridized carbons (Fsp3) is 0.347. The van der Waals surface area contributed by atoms with Crippen LogP contribution in [0.1, 0.15) is 107 Å². The zero-order valence-corrected chi connectivity index (χ0v) is 39.5. The molecule has 0 radical (unpaired) electrons. The predicted octanol–water partition coefficient (Wildman–Crippen LogP) is 7.84. The van der Waals surface area contributed by atoms with Gasteiger partial charge < -0.3 is 25.7 Å². The molecule has 1 saturated heterocycles. The number of amides is 3. The second kappa shape index (κ2) is 18.1. The lowest BCUT2D eigenvalue weighted by atomic mass is 9.85. The van der Waals surface area contributed by atoms with E-state index in [1.165, 1.54) is 11.0 Å². The molecule has 66 heavy (non-hydrogen) atoms. The first-order valence-electron chi connectivity index (χ1n) is 21.6. The van der Waals surface area contributed by atoms with Gasteiger partial charge in [-0.15, -0.1) is 32.9 Å². The summed E-state index contributed by atoms with van der Waals surface area (Å²) >= 11 is 3.11. The van der Waals surface area contributed by atoms with Crippen molar-refractivity contribution < 1.29 is 33.8 Å². The van der Waals surface area contributed by atoms with Crippen LogP contribution in [0.3, 0.4) is 0 Å². The lowest BCUT2D eigenvalue weighted by Gasteiger charge is -2.35. The number of nitrogens with zero attached hydrogens (tertiary/aromatic N) is 6. The SMILES string of the molecule is Cc1ncsc1-c1ccc(C(C)NC(=O)[C@@H]2C[C@@H](O)CN2C(=O)C(NC(=O)c2cc(F)cc(-c3ccc(C4=N[C@@H](CC(=O)O)c5nnc(C)n5-c5sc(C)c(C)c54)cc3)c2)C(C)(C)C)cc1. The fourth-order valence-corrected chi connectivity index (χ4v) is 10.7. The topological polar surface area (TPSA) is 192 Å². The Morgan fingerprint density at radius 2 is 1.59 bits per heavy atom. The van der Waals surface area contributed by atoms with Gasteiger partial charge in [-0.2, -0.15) is 0 Å². The standard InChI is InChI=1S/C49H51FN8O6S2/c1-24-27(4)66-48-40(24)41(53-37(21-39(60)61)44-56-55-28(5)58(44)48)31-13-11-30(12-14-31)33-17-34(19-35(50)18-33)45(62)54-43(49(6,7)8)47(64)57-22-36(59)20-38(57)46(63)52-25(2)29-9-15-32(16-10-29)42-26(3)51-23-65-42/h9-19,23,25,36-38,43,59H,20-22H2,1-8H3,(H,52,63)(H,54,62)(H,60,61)/t25?,36-,37+,38+,43?/m1/s1. The molecular formula is C49H51FN8O6S2. The van der Waals surface area contributed by atoms with Gasteiger partial charge >= 0.3 is 5.97 Å². The summed E-state index contributed by atoms with van der Waals surface area (Å²) in [6, 6.07) is 15.7. The number of benzene rings is 3.